The fourth-order valence-electron chi connectivity index (χ4n) is 1.70. The van der Waals surface area contributed by atoms with E-state index in [2.05, 4.69) is 38.5 Å². The molecule has 0 aliphatic rings. The molecule has 0 saturated carbocycles. The maximum Gasteiger partial charge on any atom is 0.206 e. The molecule has 9 heteroatoms. The smallest absolute Gasteiger partial charge is 0.206 e. The Labute approximate surface area is 134 Å². The minimum Gasteiger partial charge on any atom is -0.383 e. The molecule has 110 valence electrons. The first kappa shape index (κ1) is 14.6. The van der Waals surface area contributed by atoms with Gasteiger partial charge in [0.05, 0.1) is 6.61 Å². The lowest BCUT2D eigenvalue weighted by Gasteiger charge is -1.99. The van der Waals surface area contributed by atoms with Crippen molar-refractivity contribution < 1.29 is 4.74 Å². The summed E-state index contributed by atoms with van der Waals surface area (Å²) in [6.07, 6.45) is 1.60. The van der Waals surface area contributed by atoms with Crippen molar-refractivity contribution in [2.45, 2.75) is 16.3 Å². The number of hydrogen-bond acceptors (Lipinski definition) is 9. The first-order valence-corrected chi connectivity index (χ1v) is 8.66. The topological polar surface area (TPSA) is 72.8 Å². The van der Waals surface area contributed by atoms with E-state index in [1.807, 2.05) is 0 Å². The molecular formula is C12H13N5OS3. The molecule has 3 heterocycles. The molecule has 3 aromatic heterocycles. The van der Waals surface area contributed by atoms with Crippen LogP contribution in [-0.4, -0.2) is 40.4 Å². The van der Waals surface area contributed by atoms with Crippen molar-refractivity contribution in [2.24, 2.45) is 0 Å². The maximum absolute atomic E-state index is 4.99. The van der Waals surface area contributed by atoms with Gasteiger partial charge in [-0.05, 0) is 24.8 Å². The predicted molar refractivity (Wildman–Crippen MR) is 86.5 cm³/mol. The van der Waals surface area contributed by atoms with Crippen LogP contribution < -0.4 is 5.32 Å². The van der Waals surface area contributed by atoms with Crippen LogP contribution in [0.15, 0.2) is 21.8 Å². The molecule has 0 bridgehead atoms. The average molecular weight is 339 g/mol. The zero-order valence-electron chi connectivity index (χ0n) is 11.5. The normalized spacial score (nSPS) is 11.1. The van der Waals surface area contributed by atoms with Crippen molar-refractivity contribution in [2.75, 3.05) is 25.6 Å². The Morgan fingerprint density at radius 1 is 1.29 bits per heavy atom. The Hall–Kier alpha value is -1.29. The van der Waals surface area contributed by atoms with Crippen LogP contribution in [0.25, 0.3) is 10.2 Å². The zero-order valence-corrected chi connectivity index (χ0v) is 13.9. The van der Waals surface area contributed by atoms with E-state index >= 15 is 0 Å². The third kappa shape index (κ3) is 3.49. The summed E-state index contributed by atoms with van der Waals surface area (Å²) in [5, 5.41) is 14.2. The van der Waals surface area contributed by atoms with Crippen molar-refractivity contribution in [3.63, 3.8) is 0 Å². The van der Waals surface area contributed by atoms with Gasteiger partial charge < -0.3 is 10.1 Å². The molecule has 0 aliphatic heterocycles. The minimum absolute atomic E-state index is 0.642. The molecule has 0 atom stereocenters. The standard InChI is InChI=1S/C12H13N5OS3/c1-7-5-8-9(19-7)14-6-15-10(8)20-12-17-16-11(21-12)13-3-4-18-2/h5-6H,3-4H2,1-2H3,(H,13,16). The zero-order chi connectivity index (χ0) is 14.7. The second-order valence-corrected chi connectivity index (χ2v) is 7.60. The summed E-state index contributed by atoms with van der Waals surface area (Å²) in [5.41, 5.74) is 0. The second-order valence-electron chi connectivity index (χ2n) is 4.15. The number of anilines is 1. The Morgan fingerprint density at radius 3 is 3.05 bits per heavy atom. The number of aryl methyl sites for hydroxylation is 1. The highest BCUT2D eigenvalue weighted by molar-refractivity contribution is 8.01. The largest absolute Gasteiger partial charge is 0.383 e. The van der Waals surface area contributed by atoms with Gasteiger partial charge in [-0.3, -0.25) is 0 Å². The third-order valence-electron chi connectivity index (χ3n) is 2.59. The Balaban J connectivity index is 1.76. The SMILES string of the molecule is COCCNc1nnc(Sc2ncnc3sc(C)cc23)s1. The summed E-state index contributed by atoms with van der Waals surface area (Å²) in [6, 6.07) is 2.11. The fraction of sp³-hybridized carbons (Fsp3) is 0.333. The highest BCUT2D eigenvalue weighted by atomic mass is 32.2. The molecule has 21 heavy (non-hydrogen) atoms. The monoisotopic (exact) mass is 339 g/mol. The molecule has 3 aromatic rings. The van der Waals surface area contributed by atoms with E-state index < -0.39 is 0 Å². The highest BCUT2D eigenvalue weighted by Crippen LogP contribution is 2.36. The van der Waals surface area contributed by atoms with Gasteiger partial charge in [0, 0.05) is 23.9 Å². The van der Waals surface area contributed by atoms with Crippen LogP contribution in [0.5, 0.6) is 0 Å². The molecule has 0 fully saturated rings. The van der Waals surface area contributed by atoms with Crippen LogP contribution in [-0.2, 0) is 4.74 Å². The van der Waals surface area contributed by atoms with Crippen LogP contribution >= 0.6 is 34.4 Å². The second kappa shape index (κ2) is 6.65. The van der Waals surface area contributed by atoms with Gasteiger partial charge in [-0.1, -0.05) is 11.3 Å². The van der Waals surface area contributed by atoms with Gasteiger partial charge in [-0.25, -0.2) is 9.97 Å². The van der Waals surface area contributed by atoms with E-state index in [9.17, 15) is 0 Å². The maximum atomic E-state index is 4.99. The number of methoxy groups -OCH3 is 1. The number of aromatic nitrogens is 4. The Bertz CT molecular complexity index is 741. The molecule has 3 rings (SSSR count). The van der Waals surface area contributed by atoms with Crippen molar-refractivity contribution >= 4 is 49.8 Å². The lowest BCUT2D eigenvalue weighted by atomic mass is 10.4. The van der Waals surface area contributed by atoms with Crippen LogP contribution in [0.4, 0.5) is 5.13 Å². The van der Waals surface area contributed by atoms with E-state index in [1.165, 1.54) is 28.0 Å². The molecule has 6 nitrogen and oxygen atoms in total. The quantitative estimate of drug-likeness (QED) is 0.546. The number of fused-ring (bicyclic) bond motifs is 1. The number of hydrogen-bond donors (Lipinski definition) is 1. The summed E-state index contributed by atoms with van der Waals surface area (Å²) in [7, 11) is 1.67. The molecule has 0 unspecified atom stereocenters. The number of ether oxygens (including phenoxy) is 1. The van der Waals surface area contributed by atoms with Crippen molar-refractivity contribution in [1.82, 2.24) is 20.2 Å². The highest BCUT2D eigenvalue weighted by Gasteiger charge is 2.11. The Kier molecular flexibility index (Phi) is 4.63. The lowest BCUT2D eigenvalue weighted by molar-refractivity contribution is 0.211. The first-order chi connectivity index (χ1) is 10.3. The van der Waals surface area contributed by atoms with Gasteiger partial charge >= 0.3 is 0 Å². The molecule has 0 aliphatic carbocycles. The van der Waals surface area contributed by atoms with Gasteiger partial charge in [0.1, 0.15) is 16.2 Å². The third-order valence-corrected chi connectivity index (χ3v) is 5.50. The van der Waals surface area contributed by atoms with Crippen LogP contribution in [0, 0.1) is 6.92 Å². The van der Waals surface area contributed by atoms with Crippen LogP contribution in [0.2, 0.25) is 0 Å². The molecular weight excluding hydrogens is 326 g/mol. The first-order valence-electron chi connectivity index (χ1n) is 6.21. The summed E-state index contributed by atoms with van der Waals surface area (Å²) < 4.78 is 5.85. The number of thiophene rings is 1. The van der Waals surface area contributed by atoms with E-state index in [1.54, 1.807) is 24.8 Å². The van der Waals surface area contributed by atoms with Crippen LogP contribution in [0.3, 0.4) is 0 Å². The Morgan fingerprint density at radius 2 is 2.19 bits per heavy atom. The summed E-state index contributed by atoms with van der Waals surface area (Å²) in [6.45, 7) is 3.43. The number of nitrogens with zero attached hydrogens (tertiary/aromatic N) is 4. The van der Waals surface area contributed by atoms with E-state index in [0.29, 0.717) is 6.61 Å². The summed E-state index contributed by atoms with van der Waals surface area (Å²) in [4.78, 5) is 10.9. The minimum atomic E-state index is 0.642. The van der Waals surface area contributed by atoms with Gasteiger partial charge in [0.15, 0.2) is 4.34 Å². The molecule has 0 aromatic carbocycles. The van der Waals surface area contributed by atoms with Crippen molar-refractivity contribution in [3.8, 4) is 0 Å². The molecule has 0 radical (unpaired) electrons. The van der Waals surface area contributed by atoms with Gasteiger partial charge in [0.25, 0.3) is 0 Å². The van der Waals surface area contributed by atoms with Gasteiger partial charge in [-0.15, -0.1) is 21.5 Å². The van der Waals surface area contributed by atoms with Crippen LogP contribution in [0.1, 0.15) is 4.88 Å². The molecule has 0 amide bonds. The van der Waals surface area contributed by atoms with Gasteiger partial charge in [-0.2, -0.15) is 0 Å². The fourth-order valence-corrected chi connectivity index (χ4v) is 4.37. The predicted octanol–water partition coefficient (Wildman–Crippen LogP) is 3.06. The summed E-state index contributed by atoms with van der Waals surface area (Å²) >= 11 is 4.70. The number of nitrogens with one attached hydrogen (secondary N) is 1. The molecule has 1 N–H and O–H groups in total. The van der Waals surface area contributed by atoms with Crippen molar-refractivity contribution in [1.29, 1.82) is 0 Å². The van der Waals surface area contributed by atoms with E-state index in [0.717, 1.165) is 31.3 Å². The van der Waals surface area contributed by atoms with Gasteiger partial charge in [0.2, 0.25) is 5.13 Å². The lowest BCUT2D eigenvalue weighted by Crippen LogP contribution is -2.06. The number of rotatable bonds is 6. The molecule has 0 spiro atoms. The summed E-state index contributed by atoms with van der Waals surface area (Å²) in [5.74, 6) is 0. The van der Waals surface area contributed by atoms with E-state index in [-0.39, 0.29) is 0 Å². The van der Waals surface area contributed by atoms with Crippen molar-refractivity contribution in [3.05, 3.63) is 17.3 Å². The molecule has 0 saturated heterocycles. The average Bonchev–Trinajstić information content (AvgIpc) is 3.05. The van der Waals surface area contributed by atoms with E-state index in [4.69, 9.17) is 4.74 Å².